The molecule has 2 N–H and O–H groups in total. The molecule has 0 bridgehead atoms. The first-order chi connectivity index (χ1) is 9.10. The maximum Gasteiger partial charge on any atom is 0.276 e. The Bertz CT molecular complexity index is 598. The topological polar surface area (TPSA) is 66.9 Å². The Balaban J connectivity index is 2.18. The lowest BCUT2D eigenvalue weighted by atomic mass is 10.2. The van der Waals surface area contributed by atoms with Crippen LogP contribution in [0.5, 0.6) is 0 Å². The highest BCUT2D eigenvalue weighted by Gasteiger charge is 2.11. The fourth-order valence-corrected chi connectivity index (χ4v) is 1.51. The van der Waals surface area contributed by atoms with Gasteiger partial charge in [-0.3, -0.25) is 4.79 Å². The smallest absolute Gasteiger partial charge is 0.276 e. The van der Waals surface area contributed by atoms with E-state index in [1.807, 2.05) is 6.92 Å². The summed E-state index contributed by atoms with van der Waals surface area (Å²) in [6.45, 7) is 1.82. The Hall–Kier alpha value is -2.50. The van der Waals surface area contributed by atoms with Crippen molar-refractivity contribution in [2.45, 2.75) is 6.92 Å². The monoisotopic (exact) mass is 260 g/mol. The molecular formula is C13H13FN4O. The highest BCUT2D eigenvalue weighted by molar-refractivity contribution is 6.02. The van der Waals surface area contributed by atoms with Gasteiger partial charge in [-0.2, -0.15) is 0 Å². The van der Waals surface area contributed by atoms with Gasteiger partial charge in [-0.05, 0) is 36.8 Å². The fraction of sp³-hybridized carbons (Fsp3) is 0.154. The quantitative estimate of drug-likeness (QED) is 0.888. The summed E-state index contributed by atoms with van der Waals surface area (Å²) in [4.78, 5) is 11.9. The molecule has 0 spiro atoms. The molecule has 2 rings (SSSR count). The van der Waals surface area contributed by atoms with Gasteiger partial charge in [-0.25, -0.2) is 4.39 Å². The van der Waals surface area contributed by atoms with Crippen LogP contribution in [0.4, 0.5) is 15.9 Å². The molecule has 0 fully saturated rings. The minimum Gasteiger partial charge on any atom is -0.372 e. The minimum absolute atomic E-state index is 0.125. The second-order valence-corrected chi connectivity index (χ2v) is 3.99. The van der Waals surface area contributed by atoms with Crippen LogP contribution in [0.15, 0.2) is 30.3 Å². The Morgan fingerprint density at radius 2 is 2.00 bits per heavy atom. The van der Waals surface area contributed by atoms with Crippen LogP contribution in [0.3, 0.4) is 0 Å². The number of benzene rings is 1. The first-order valence-electron chi connectivity index (χ1n) is 5.69. The van der Waals surface area contributed by atoms with Gasteiger partial charge in [0.25, 0.3) is 5.91 Å². The van der Waals surface area contributed by atoms with Crippen molar-refractivity contribution in [3.05, 3.63) is 47.4 Å². The lowest BCUT2D eigenvalue weighted by Gasteiger charge is -2.06. The highest BCUT2D eigenvalue weighted by Crippen LogP contribution is 2.16. The summed E-state index contributed by atoms with van der Waals surface area (Å²) in [6, 6.07) is 7.63. The van der Waals surface area contributed by atoms with Crippen LogP contribution in [0.25, 0.3) is 0 Å². The minimum atomic E-state index is -0.500. The van der Waals surface area contributed by atoms with E-state index in [2.05, 4.69) is 20.8 Å². The predicted molar refractivity (Wildman–Crippen MR) is 70.7 cm³/mol. The Labute approximate surface area is 109 Å². The van der Waals surface area contributed by atoms with Gasteiger partial charge in [0.2, 0.25) is 0 Å². The number of halogens is 1. The average molecular weight is 260 g/mol. The summed E-state index contributed by atoms with van der Waals surface area (Å²) in [7, 11) is 1.70. The Kier molecular flexibility index (Phi) is 3.70. The molecule has 0 saturated heterocycles. The first-order valence-corrected chi connectivity index (χ1v) is 5.69. The van der Waals surface area contributed by atoms with Gasteiger partial charge in [0.15, 0.2) is 5.69 Å². The molecule has 6 heteroatoms. The van der Waals surface area contributed by atoms with Crippen molar-refractivity contribution < 1.29 is 9.18 Å². The van der Waals surface area contributed by atoms with Crippen LogP contribution in [-0.4, -0.2) is 23.2 Å². The largest absolute Gasteiger partial charge is 0.372 e. The zero-order valence-electron chi connectivity index (χ0n) is 10.6. The Morgan fingerprint density at radius 1 is 1.21 bits per heavy atom. The molecule has 1 heterocycles. The summed E-state index contributed by atoms with van der Waals surface area (Å²) >= 11 is 0. The molecule has 0 saturated carbocycles. The number of aromatic nitrogens is 2. The van der Waals surface area contributed by atoms with E-state index in [4.69, 9.17) is 0 Å². The lowest BCUT2D eigenvalue weighted by Crippen LogP contribution is -2.15. The maximum atomic E-state index is 13.5. The fourth-order valence-electron chi connectivity index (χ4n) is 1.51. The Morgan fingerprint density at radius 3 is 2.63 bits per heavy atom. The van der Waals surface area contributed by atoms with E-state index >= 15 is 0 Å². The summed E-state index contributed by atoms with van der Waals surface area (Å²) < 4.78 is 13.5. The second-order valence-electron chi connectivity index (χ2n) is 3.99. The molecule has 0 unspecified atom stereocenters. The number of anilines is 2. The van der Waals surface area contributed by atoms with Gasteiger partial charge >= 0.3 is 0 Å². The standard InChI is InChI=1S/C13H13FN4O/c1-8-3-4-9(14)11(7-8)16-13(19)10-5-6-12(15-2)18-17-10/h3-7H,1-2H3,(H,15,18)(H,16,19). The van der Waals surface area contributed by atoms with Gasteiger partial charge in [0.05, 0.1) is 5.69 Å². The maximum absolute atomic E-state index is 13.5. The summed E-state index contributed by atoms with van der Waals surface area (Å²) in [6.07, 6.45) is 0. The second kappa shape index (κ2) is 5.43. The molecule has 0 aliphatic rings. The molecule has 2 aromatic rings. The predicted octanol–water partition coefficient (Wildman–Crippen LogP) is 2.22. The van der Waals surface area contributed by atoms with Crippen molar-refractivity contribution in [1.29, 1.82) is 0 Å². The molecule has 19 heavy (non-hydrogen) atoms. The number of hydrogen-bond acceptors (Lipinski definition) is 4. The van der Waals surface area contributed by atoms with Crippen molar-refractivity contribution in [2.24, 2.45) is 0 Å². The van der Waals surface area contributed by atoms with Crippen LogP contribution in [-0.2, 0) is 0 Å². The molecule has 98 valence electrons. The van der Waals surface area contributed by atoms with E-state index in [9.17, 15) is 9.18 Å². The molecule has 1 aromatic heterocycles. The number of nitrogens with zero attached hydrogens (tertiary/aromatic N) is 2. The first kappa shape index (κ1) is 12.9. The van der Waals surface area contributed by atoms with E-state index in [-0.39, 0.29) is 11.4 Å². The van der Waals surface area contributed by atoms with Gasteiger partial charge < -0.3 is 10.6 Å². The zero-order chi connectivity index (χ0) is 13.8. The van der Waals surface area contributed by atoms with E-state index in [0.717, 1.165) is 5.56 Å². The van der Waals surface area contributed by atoms with Crippen LogP contribution >= 0.6 is 0 Å². The summed E-state index contributed by atoms with van der Waals surface area (Å²) in [5.41, 5.74) is 1.11. The molecule has 1 amide bonds. The molecule has 0 atom stereocenters. The number of amides is 1. The van der Waals surface area contributed by atoms with Crippen LogP contribution in [0.2, 0.25) is 0 Å². The third-order valence-electron chi connectivity index (χ3n) is 2.52. The van der Waals surface area contributed by atoms with Crippen molar-refractivity contribution in [3.8, 4) is 0 Å². The van der Waals surface area contributed by atoms with E-state index in [1.165, 1.54) is 12.1 Å². The molecule has 0 radical (unpaired) electrons. The van der Waals surface area contributed by atoms with E-state index < -0.39 is 11.7 Å². The number of hydrogen-bond donors (Lipinski definition) is 2. The van der Waals surface area contributed by atoms with Crippen LogP contribution in [0.1, 0.15) is 16.1 Å². The van der Waals surface area contributed by atoms with E-state index in [1.54, 1.807) is 25.2 Å². The van der Waals surface area contributed by atoms with Crippen molar-refractivity contribution in [3.63, 3.8) is 0 Å². The van der Waals surface area contributed by atoms with Gasteiger partial charge in [0.1, 0.15) is 11.6 Å². The normalized spacial score (nSPS) is 10.1. The lowest BCUT2D eigenvalue weighted by molar-refractivity contribution is 0.102. The van der Waals surface area contributed by atoms with Gasteiger partial charge in [0, 0.05) is 7.05 Å². The molecular weight excluding hydrogens is 247 g/mol. The van der Waals surface area contributed by atoms with Crippen LogP contribution in [0, 0.1) is 12.7 Å². The molecule has 1 aromatic carbocycles. The van der Waals surface area contributed by atoms with Crippen molar-refractivity contribution in [1.82, 2.24) is 10.2 Å². The number of nitrogens with one attached hydrogen (secondary N) is 2. The van der Waals surface area contributed by atoms with Crippen molar-refractivity contribution in [2.75, 3.05) is 17.7 Å². The SMILES string of the molecule is CNc1ccc(C(=O)Nc2cc(C)ccc2F)nn1. The van der Waals surface area contributed by atoms with E-state index in [0.29, 0.717) is 5.82 Å². The number of rotatable bonds is 3. The third-order valence-corrected chi connectivity index (χ3v) is 2.52. The third kappa shape index (κ3) is 3.04. The van der Waals surface area contributed by atoms with Gasteiger partial charge in [-0.15, -0.1) is 10.2 Å². The highest BCUT2D eigenvalue weighted by atomic mass is 19.1. The molecule has 0 aliphatic carbocycles. The molecule has 0 aliphatic heterocycles. The summed E-state index contributed by atoms with van der Waals surface area (Å²) in [5.74, 6) is -0.434. The zero-order valence-corrected chi connectivity index (χ0v) is 10.6. The number of carbonyl (C=O) groups excluding carboxylic acids is 1. The molecule has 5 nitrogen and oxygen atoms in total. The van der Waals surface area contributed by atoms with Crippen molar-refractivity contribution >= 4 is 17.4 Å². The van der Waals surface area contributed by atoms with Crippen LogP contribution < -0.4 is 10.6 Å². The average Bonchev–Trinajstić information content (AvgIpc) is 2.43. The number of carbonyl (C=O) groups is 1. The number of aryl methyl sites for hydroxylation is 1. The summed E-state index contributed by atoms with van der Waals surface area (Å²) in [5, 5.41) is 12.8. The van der Waals surface area contributed by atoms with Gasteiger partial charge in [-0.1, -0.05) is 6.07 Å².